The van der Waals surface area contributed by atoms with E-state index in [0.717, 1.165) is 24.2 Å². The van der Waals surface area contributed by atoms with E-state index in [0.29, 0.717) is 37.8 Å². The second-order valence-electron chi connectivity index (χ2n) is 8.78. The van der Waals surface area contributed by atoms with Gasteiger partial charge in [0.25, 0.3) is 0 Å². The lowest BCUT2D eigenvalue weighted by Crippen LogP contribution is -2.60. The lowest BCUT2D eigenvalue weighted by atomic mass is 10.1. The van der Waals surface area contributed by atoms with Crippen molar-refractivity contribution in [1.82, 2.24) is 25.1 Å². The van der Waals surface area contributed by atoms with Gasteiger partial charge in [-0.25, -0.2) is 9.97 Å². The molecular formula is C24H31N7O3. The molecule has 1 unspecified atom stereocenters. The zero-order valence-corrected chi connectivity index (χ0v) is 19.7. The average molecular weight is 466 g/mol. The number of nitrogens with one attached hydrogen (secondary N) is 2. The number of nitrogens with zero attached hydrogens (tertiary/aromatic N) is 5. The Morgan fingerprint density at radius 2 is 1.82 bits per heavy atom. The second kappa shape index (κ2) is 10.6. The lowest BCUT2D eigenvalue weighted by Gasteiger charge is -2.38. The highest BCUT2D eigenvalue weighted by molar-refractivity contribution is 5.98. The molecule has 34 heavy (non-hydrogen) atoms. The van der Waals surface area contributed by atoms with Gasteiger partial charge in [-0.05, 0) is 31.5 Å². The Kier molecular flexibility index (Phi) is 7.36. The largest absolute Gasteiger partial charge is 0.353 e. The van der Waals surface area contributed by atoms with Gasteiger partial charge in [0.15, 0.2) is 0 Å². The Labute approximate surface area is 199 Å². The molecule has 1 atom stereocenters. The van der Waals surface area contributed by atoms with Gasteiger partial charge in [-0.2, -0.15) is 0 Å². The van der Waals surface area contributed by atoms with Gasteiger partial charge in [0.2, 0.25) is 23.7 Å². The molecule has 2 saturated heterocycles. The summed E-state index contributed by atoms with van der Waals surface area (Å²) < 4.78 is 0. The fourth-order valence-electron chi connectivity index (χ4n) is 4.39. The van der Waals surface area contributed by atoms with Gasteiger partial charge in [0.05, 0.1) is 13.0 Å². The first-order valence-electron chi connectivity index (χ1n) is 11.6. The summed E-state index contributed by atoms with van der Waals surface area (Å²) in [4.78, 5) is 52.7. The smallest absolute Gasteiger partial charge is 0.243 e. The molecule has 2 aliphatic heterocycles. The maximum atomic E-state index is 13.1. The van der Waals surface area contributed by atoms with Crippen LogP contribution < -0.4 is 15.5 Å². The first kappa shape index (κ1) is 23.6. The van der Waals surface area contributed by atoms with E-state index in [1.807, 2.05) is 32.0 Å². The van der Waals surface area contributed by atoms with Crippen LogP contribution in [0.4, 0.5) is 11.6 Å². The average Bonchev–Trinajstić information content (AvgIpc) is 2.83. The minimum absolute atomic E-state index is 0.0794. The minimum Gasteiger partial charge on any atom is -0.353 e. The number of piperazine rings is 2. The second-order valence-corrected chi connectivity index (χ2v) is 8.78. The molecular weight excluding hydrogens is 434 g/mol. The number of rotatable bonds is 6. The van der Waals surface area contributed by atoms with Crippen molar-refractivity contribution in [2.45, 2.75) is 26.3 Å². The number of carbonyl (C=O) groups is 3. The molecule has 3 heterocycles. The van der Waals surface area contributed by atoms with Crippen LogP contribution in [0.25, 0.3) is 0 Å². The van der Waals surface area contributed by atoms with E-state index in [4.69, 9.17) is 0 Å². The molecule has 10 heteroatoms. The van der Waals surface area contributed by atoms with E-state index in [-0.39, 0.29) is 30.7 Å². The third-order valence-electron chi connectivity index (χ3n) is 6.25. The van der Waals surface area contributed by atoms with Crippen molar-refractivity contribution >= 4 is 29.4 Å². The summed E-state index contributed by atoms with van der Waals surface area (Å²) >= 11 is 0. The molecule has 4 rings (SSSR count). The molecule has 1 aromatic heterocycles. The van der Waals surface area contributed by atoms with Crippen LogP contribution in [-0.4, -0.2) is 89.3 Å². The van der Waals surface area contributed by atoms with E-state index < -0.39 is 6.04 Å². The molecule has 10 nitrogen and oxygen atoms in total. The molecule has 180 valence electrons. The molecule has 2 N–H and O–H groups in total. The minimum atomic E-state index is -0.814. The van der Waals surface area contributed by atoms with Crippen molar-refractivity contribution < 1.29 is 14.4 Å². The highest BCUT2D eigenvalue weighted by Crippen LogP contribution is 2.18. The van der Waals surface area contributed by atoms with Gasteiger partial charge in [-0.1, -0.05) is 17.7 Å². The van der Waals surface area contributed by atoms with Crippen LogP contribution in [0.2, 0.25) is 0 Å². The van der Waals surface area contributed by atoms with Crippen LogP contribution in [0, 0.1) is 13.8 Å². The fourth-order valence-corrected chi connectivity index (χ4v) is 4.39. The van der Waals surface area contributed by atoms with E-state index >= 15 is 0 Å². The zero-order chi connectivity index (χ0) is 24.1. The molecule has 1 aromatic carbocycles. The Balaban J connectivity index is 1.33. The normalized spacial score (nSPS) is 19.0. The van der Waals surface area contributed by atoms with Gasteiger partial charge in [-0.3, -0.25) is 19.3 Å². The standard InChI is InChI=1S/C24H31N7O3/c1-17-4-5-19(18(2)14-17)28-21(32)15-20-23(34)25-8-9-31(20)22(33)16-29-10-12-30(13-11-29)24-26-6-3-7-27-24/h3-7,14,20H,8-13,15-16H2,1-2H3,(H,25,34)(H,28,32). The summed E-state index contributed by atoms with van der Waals surface area (Å²) in [7, 11) is 0. The fraction of sp³-hybridized carbons (Fsp3) is 0.458. The number of anilines is 2. The summed E-state index contributed by atoms with van der Waals surface area (Å²) in [5.41, 5.74) is 2.77. The van der Waals surface area contributed by atoms with Crippen molar-refractivity contribution in [3.8, 4) is 0 Å². The van der Waals surface area contributed by atoms with Crippen molar-refractivity contribution in [3.63, 3.8) is 0 Å². The number of hydrogen-bond acceptors (Lipinski definition) is 7. The van der Waals surface area contributed by atoms with E-state index in [2.05, 4.69) is 30.4 Å². The van der Waals surface area contributed by atoms with Crippen LogP contribution >= 0.6 is 0 Å². The van der Waals surface area contributed by atoms with Gasteiger partial charge >= 0.3 is 0 Å². The monoisotopic (exact) mass is 465 g/mol. The van der Waals surface area contributed by atoms with Crippen molar-refractivity contribution in [3.05, 3.63) is 47.8 Å². The summed E-state index contributed by atoms with van der Waals surface area (Å²) in [6.07, 6.45) is 3.36. The molecule has 0 aliphatic carbocycles. The molecule has 2 fully saturated rings. The molecule has 2 aliphatic rings. The summed E-state index contributed by atoms with van der Waals surface area (Å²) in [6.45, 7) is 7.75. The molecule has 3 amide bonds. The first-order chi connectivity index (χ1) is 16.4. The van der Waals surface area contributed by atoms with Gasteiger partial charge < -0.3 is 20.4 Å². The Morgan fingerprint density at radius 1 is 1.09 bits per heavy atom. The molecule has 0 saturated carbocycles. The van der Waals surface area contributed by atoms with Crippen LogP contribution in [0.5, 0.6) is 0 Å². The zero-order valence-electron chi connectivity index (χ0n) is 19.7. The number of aryl methyl sites for hydroxylation is 2. The molecule has 0 bridgehead atoms. The Bertz CT molecular complexity index is 1040. The quantitative estimate of drug-likeness (QED) is 0.642. The van der Waals surface area contributed by atoms with Crippen LogP contribution in [-0.2, 0) is 14.4 Å². The Morgan fingerprint density at radius 3 is 2.53 bits per heavy atom. The predicted octanol–water partition coefficient (Wildman–Crippen LogP) is 0.571. The summed E-state index contributed by atoms with van der Waals surface area (Å²) in [5.74, 6) is -0.0238. The van der Waals surface area contributed by atoms with Crippen molar-refractivity contribution in [2.24, 2.45) is 0 Å². The van der Waals surface area contributed by atoms with Gasteiger partial charge in [0, 0.05) is 57.3 Å². The maximum Gasteiger partial charge on any atom is 0.243 e. The van der Waals surface area contributed by atoms with E-state index in [1.165, 1.54) is 0 Å². The van der Waals surface area contributed by atoms with Crippen LogP contribution in [0.3, 0.4) is 0 Å². The third-order valence-corrected chi connectivity index (χ3v) is 6.25. The van der Waals surface area contributed by atoms with Crippen molar-refractivity contribution in [1.29, 1.82) is 0 Å². The van der Waals surface area contributed by atoms with Gasteiger partial charge in [0.1, 0.15) is 6.04 Å². The van der Waals surface area contributed by atoms with E-state index in [9.17, 15) is 14.4 Å². The first-order valence-corrected chi connectivity index (χ1v) is 11.6. The summed E-state index contributed by atoms with van der Waals surface area (Å²) in [6, 6.07) is 6.74. The highest BCUT2D eigenvalue weighted by atomic mass is 16.2. The number of aromatic nitrogens is 2. The highest BCUT2D eigenvalue weighted by Gasteiger charge is 2.35. The number of hydrogen-bond donors (Lipinski definition) is 2. The number of benzene rings is 1. The topological polar surface area (TPSA) is 111 Å². The molecule has 0 spiro atoms. The lowest BCUT2D eigenvalue weighted by molar-refractivity contribution is -0.145. The predicted molar refractivity (Wildman–Crippen MR) is 128 cm³/mol. The van der Waals surface area contributed by atoms with Gasteiger partial charge in [-0.15, -0.1) is 0 Å². The van der Waals surface area contributed by atoms with Crippen LogP contribution in [0.15, 0.2) is 36.7 Å². The Hall–Kier alpha value is -3.53. The third kappa shape index (κ3) is 5.69. The van der Waals surface area contributed by atoms with Crippen LogP contribution in [0.1, 0.15) is 17.5 Å². The molecule has 2 aromatic rings. The SMILES string of the molecule is Cc1ccc(NC(=O)CC2C(=O)NCCN2C(=O)CN2CCN(c3ncccn3)CC2)c(C)c1. The number of carbonyl (C=O) groups excluding carboxylic acids is 3. The van der Waals surface area contributed by atoms with E-state index in [1.54, 1.807) is 23.4 Å². The van der Waals surface area contributed by atoms with Crippen molar-refractivity contribution in [2.75, 3.05) is 56.0 Å². The maximum absolute atomic E-state index is 13.1. The summed E-state index contributed by atoms with van der Waals surface area (Å²) in [5, 5.41) is 5.67. The molecule has 0 radical (unpaired) electrons. The number of amides is 3.